The molecule has 1 fully saturated rings. The van der Waals surface area contributed by atoms with Crippen molar-refractivity contribution in [2.75, 3.05) is 62.6 Å². The molecule has 0 aromatic heterocycles. The molecular weight excluding hydrogens is 556 g/mol. The molecule has 1 aliphatic rings. The van der Waals surface area contributed by atoms with Crippen molar-refractivity contribution in [3.63, 3.8) is 0 Å². The van der Waals surface area contributed by atoms with Crippen LogP contribution in [0.3, 0.4) is 0 Å². The number of nitrogens with zero attached hydrogens (tertiary/aromatic N) is 2. The summed E-state index contributed by atoms with van der Waals surface area (Å²) in [4.78, 5) is 31.8. The first kappa shape index (κ1) is 30.3. The Bertz CT molecular complexity index is 1580. The van der Waals surface area contributed by atoms with Crippen LogP contribution >= 0.6 is 0 Å². The van der Waals surface area contributed by atoms with Crippen LogP contribution in [0.15, 0.2) is 91.0 Å². The molecule has 1 saturated heterocycles. The summed E-state index contributed by atoms with van der Waals surface area (Å²) < 4.78 is 16.4. The van der Waals surface area contributed by atoms with E-state index in [1.165, 1.54) is 14.2 Å². The van der Waals surface area contributed by atoms with Crippen LogP contribution in [0.25, 0.3) is 0 Å². The average molecular weight is 595 g/mol. The fourth-order valence-electron chi connectivity index (χ4n) is 5.52. The molecule has 4 aromatic rings. The Hall–Kier alpha value is -5.18. The van der Waals surface area contributed by atoms with Crippen molar-refractivity contribution in [2.45, 2.75) is 13.0 Å². The zero-order valence-electron chi connectivity index (χ0n) is 25.5. The molecule has 9 heteroatoms. The van der Waals surface area contributed by atoms with Crippen molar-refractivity contribution < 1.29 is 23.8 Å². The number of para-hydroxylation sites is 2. The van der Waals surface area contributed by atoms with Gasteiger partial charge in [0.05, 0.1) is 38.6 Å². The second kappa shape index (κ2) is 13.9. The number of nitrogens with one attached hydrogen (secondary N) is 2. The highest BCUT2D eigenvalue weighted by Gasteiger charge is 2.25. The van der Waals surface area contributed by atoms with E-state index in [2.05, 4.69) is 26.5 Å². The molecule has 9 nitrogen and oxygen atoms in total. The lowest BCUT2D eigenvalue weighted by molar-refractivity contribution is 0.0939. The van der Waals surface area contributed by atoms with E-state index in [9.17, 15) is 9.59 Å². The van der Waals surface area contributed by atoms with Gasteiger partial charge in [0.1, 0.15) is 22.8 Å². The number of carbonyl (C=O) groups is 2. The minimum atomic E-state index is -0.401. The van der Waals surface area contributed by atoms with E-state index in [-0.39, 0.29) is 17.5 Å². The lowest BCUT2D eigenvalue weighted by atomic mass is 10.1. The molecule has 0 bridgehead atoms. The smallest absolute Gasteiger partial charge is 0.263 e. The van der Waals surface area contributed by atoms with Crippen LogP contribution < -0.4 is 34.6 Å². The van der Waals surface area contributed by atoms with Gasteiger partial charge in [-0.3, -0.25) is 9.59 Å². The summed E-state index contributed by atoms with van der Waals surface area (Å²) in [5.41, 5.74) is 4.09. The predicted octanol–water partition coefficient (Wildman–Crippen LogP) is 5.78. The molecule has 0 aliphatic carbocycles. The zero-order valence-corrected chi connectivity index (χ0v) is 25.5. The molecule has 2 amide bonds. The monoisotopic (exact) mass is 594 g/mol. The third-order valence-electron chi connectivity index (χ3n) is 7.85. The van der Waals surface area contributed by atoms with Crippen molar-refractivity contribution in [3.05, 3.63) is 108 Å². The Balaban J connectivity index is 1.42. The van der Waals surface area contributed by atoms with E-state index in [1.54, 1.807) is 31.4 Å². The van der Waals surface area contributed by atoms with Gasteiger partial charge in [0, 0.05) is 37.6 Å². The normalized spacial score (nSPS) is 13.5. The second-order valence-electron chi connectivity index (χ2n) is 10.5. The summed E-state index contributed by atoms with van der Waals surface area (Å²) in [6.45, 7) is 4.88. The van der Waals surface area contributed by atoms with Gasteiger partial charge in [-0.1, -0.05) is 48.5 Å². The van der Waals surface area contributed by atoms with Gasteiger partial charge in [-0.2, -0.15) is 0 Å². The van der Waals surface area contributed by atoms with E-state index in [1.807, 2.05) is 67.6 Å². The highest BCUT2D eigenvalue weighted by atomic mass is 16.5. The summed E-state index contributed by atoms with van der Waals surface area (Å²) in [5, 5.41) is 6.08. The van der Waals surface area contributed by atoms with Gasteiger partial charge in [0.15, 0.2) is 0 Å². The number of amides is 2. The van der Waals surface area contributed by atoms with E-state index < -0.39 is 5.91 Å². The molecule has 1 unspecified atom stereocenters. The number of methoxy groups -OCH3 is 3. The number of ether oxygens (including phenoxy) is 3. The van der Waals surface area contributed by atoms with Crippen molar-refractivity contribution in [2.24, 2.45) is 0 Å². The summed E-state index contributed by atoms with van der Waals surface area (Å²) in [5.74, 6) is 0.987. The van der Waals surface area contributed by atoms with Crippen LogP contribution in [-0.2, 0) is 0 Å². The lowest BCUT2D eigenvalue weighted by Gasteiger charge is -2.38. The van der Waals surface area contributed by atoms with Gasteiger partial charge in [-0.05, 0) is 55.0 Å². The second-order valence-corrected chi connectivity index (χ2v) is 10.5. The fourth-order valence-corrected chi connectivity index (χ4v) is 5.52. The summed E-state index contributed by atoms with van der Waals surface area (Å²) in [6, 6.07) is 28.2. The first-order valence-electron chi connectivity index (χ1n) is 14.6. The first-order valence-corrected chi connectivity index (χ1v) is 14.6. The van der Waals surface area contributed by atoms with Gasteiger partial charge in [0.2, 0.25) is 0 Å². The quantitative estimate of drug-likeness (QED) is 0.240. The first-order chi connectivity index (χ1) is 21.4. The molecule has 4 aromatic carbocycles. The van der Waals surface area contributed by atoms with E-state index in [0.29, 0.717) is 35.8 Å². The highest BCUT2D eigenvalue weighted by molar-refractivity contribution is 6.09. The van der Waals surface area contributed by atoms with Gasteiger partial charge in [-0.25, -0.2) is 0 Å². The molecule has 1 heterocycles. The van der Waals surface area contributed by atoms with Gasteiger partial charge in [-0.15, -0.1) is 0 Å². The molecule has 1 aliphatic heterocycles. The maximum Gasteiger partial charge on any atom is 0.263 e. The van der Waals surface area contributed by atoms with Gasteiger partial charge in [0.25, 0.3) is 11.8 Å². The Morgan fingerprint density at radius 2 is 1.23 bits per heavy atom. The highest BCUT2D eigenvalue weighted by Crippen LogP contribution is 2.33. The third kappa shape index (κ3) is 6.57. The summed E-state index contributed by atoms with van der Waals surface area (Å²) >= 11 is 0. The Morgan fingerprint density at radius 1 is 0.659 bits per heavy atom. The molecule has 228 valence electrons. The van der Waals surface area contributed by atoms with Crippen molar-refractivity contribution in [1.29, 1.82) is 0 Å². The van der Waals surface area contributed by atoms with Crippen molar-refractivity contribution in [3.8, 4) is 17.2 Å². The standard InChI is InChI=1S/C35H38N4O5/c1-24(25-11-6-5-7-12-25)36-34(40)27-23-26(37-35(41)33-31(43-3)15-10-16-32(33)44-4)17-18-28(27)38-19-21-39(22-20-38)29-13-8-9-14-30(29)42-2/h5-18,23-24H,19-22H2,1-4H3,(H,36,40)(H,37,41). The Kier molecular flexibility index (Phi) is 9.54. The maximum absolute atomic E-state index is 13.9. The molecule has 5 rings (SSSR count). The summed E-state index contributed by atoms with van der Waals surface area (Å²) in [7, 11) is 4.69. The molecule has 0 spiro atoms. The molecular formula is C35H38N4O5. The maximum atomic E-state index is 13.9. The largest absolute Gasteiger partial charge is 0.496 e. The molecule has 1 atom stereocenters. The molecule has 0 radical (unpaired) electrons. The van der Waals surface area contributed by atoms with E-state index in [0.717, 1.165) is 35.8 Å². The van der Waals surface area contributed by atoms with Crippen LogP contribution in [0, 0.1) is 0 Å². The number of anilines is 3. The third-order valence-corrected chi connectivity index (χ3v) is 7.85. The van der Waals surface area contributed by atoms with Crippen LogP contribution in [0.1, 0.15) is 39.2 Å². The predicted molar refractivity (Wildman–Crippen MR) is 174 cm³/mol. The Labute approximate surface area is 258 Å². The summed E-state index contributed by atoms with van der Waals surface area (Å²) in [6.07, 6.45) is 0. The van der Waals surface area contributed by atoms with Crippen LogP contribution in [-0.4, -0.2) is 59.3 Å². The molecule has 44 heavy (non-hydrogen) atoms. The topological polar surface area (TPSA) is 92.4 Å². The average Bonchev–Trinajstić information content (AvgIpc) is 3.08. The number of hydrogen-bond acceptors (Lipinski definition) is 7. The van der Waals surface area contributed by atoms with Crippen LogP contribution in [0.4, 0.5) is 17.1 Å². The number of hydrogen-bond donors (Lipinski definition) is 2. The lowest BCUT2D eigenvalue weighted by Crippen LogP contribution is -2.47. The van der Waals surface area contributed by atoms with Gasteiger partial charge < -0.3 is 34.6 Å². The van der Waals surface area contributed by atoms with Gasteiger partial charge >= 0.3 is 0 Å². The number of carbonyl (C=O) groups excluding carboxylic acids is 2. The zero-order chi connectivity index (χ0) is 31.1. The van der Waals surface area contributed by atoms with E-state index in [4.69, 9.17) is 14.2 Å². The SMILES string of the molecule is COc1ccccc1N1CCN(c2ccc(NC(=O)c3c(OC)cccc3OC)cc2C(=O)NC(C)c2ccccc2)CC1. The molecule has 2 N–H and O–H groups in total. The van der Waals surface area contributed by atoms with E-state index >= 15 is 0 Å². The van der Waals surface area contributed by atoms with Crippen molar-refractivity contribution >= 4 is 28.9 Å². The number of piperazine rings is 1. The fraction of sp³-hybridized carbons (Fsp3) is 0.257. The minimum Gasteiger partial charge on any atom is -0.496 e. The number of benzene rings is 4. The minimum absolute atomic E-state index is 0.213. The molecule has 0 saturated carbocycles. The van der Waals surface area contributed by atoms with Crippen LogP contribution in [0.5, 0.6) is 17.2 Å². The van der Waals surface area contributed by atoms with Crippen molar-refractivity contribution in [1.82, 2.24) is 5.32 Å². The van der Waals surface area contributed by atoms with Crippen LogP contribution in [0.2, 0.25) is 0 Å². The number of rotatable bonds is 10. The Morgan fingerprint density at radius 3 is 1.86 bits per heavy atom.